The highest BCUT2D eigenvalue weighted by atomic mass is 19.1. The zero-order valence-electron chi connectivity index (χ0n) is 19.7. The first-order valence-corrected chi connectivity index (χ1v) is 11.9. The van der Waals surface area contributed by atoms with Gasteiger partial charge >= 0.3 is 0 Å². The van der Waals surface area contributed by atoms with Crippen molar-refractivity contribution in [3.63, 3.8) is 0 Å². The third-order valence-electron chi connectivity index (χ3n) is 7.52. The van der Waals surface area contributed by atoms with Gasteiger partial charge in [-0.2, -0.15) is 5.10 Å². The van der Waals surface area contributed by atoms with Crippen molar-refractivity contribution >= 4 is 11.6 Å². The molecule has 34 heavy (non-hydrogen) atoms. The van der Waals surface area contributed by atoms with Gasteiger partial charge < -0.3 is 4.90 Å². The zero-order valence-corrected chi connectivity index (χ0v) is 19.7. The highest BCUT2D eigenvalue weighted by molar-refractivity contribution is 5.93. The second-order valence-electron chi connectivity index (χ2n) is 9.99. The van der Waals surface area contributed by atoms with Gasteiger partial charge in [-0.25, -0.2) is 13.9 Å². The van der Waals surface area contributed by atoms with Crippen molar-refractivity contribution in [1.29, 1.82) is 0 Å². The van der Waals surface area contributed by atoms with Crippen LogP contribution < -0.4 is 0 Å². The molecule has 3 heterocycles. The summed E-state index contributed by atoms with van der Waals surface area (Å²) in [5, 5.41) is 4.73. The van der Waals surface area contributed by atoms with Gasteiger partial charge in [0.2, 0.25) is 0 Å². The molecule has 1 atom stereocenters. The molecule has 6 rings (SSSR count). The van der Waals surface area contributed by atoms with Crippen LogP contribution in [0.4, 0.5) is 4.39 Å². The zero-order chi connectivity index (χ0) is 23.6. The highest BCUT2D eigenvalue weighted by Gasteiger charge is 2.42. The van der Waals surface area contributed by atoms with Gasteiger partial charge in [0, 0.05) is 23.6 Å². The number of benzene rings is 2. The maximum Gasteiger partial charge on any atom is 0.273 e. The van der Waals surface area contributed by atoms with E-state index >= 15 is 0 Å². The summed E-state index contributed by atoms with van der Waals surface area (Å²) >= 11 is 0. The minimum absolute atomic E-state index is 0.0161. The van der Waals surface area contributed by atoms with Gasteiger partial charge in [-0.1, -0.05) is 37.3 Å². The summed E-state index contributed by atoms with van der Waals surface area (Å²) in [6, 6.07) is 17.1. The van der Waals surface area contributed by atoms with Crippen LogP contribution in [0.3, 0.4) is 0 Å². The molecule has 172 valence electrons. The van der Waals surface area contributed by atoms with E-state index in [9.17, 15) is 9.18 Å². The van der Waals surface area contributed by atoms with E-state index in [0.29, 0.717) is 29.1 Å². The number of hydrogen-bond donors (Lipinski definition) is 0. The summed E-state index contributed by atoms with van der Waals surface area (Å²) < 4.78 is 16.5. The number of amides is 1. The number of carbonyl (C=O) groups excluding carboxylic acids is 1. The minimum atomic E-state index is -0.306. The Morgan fingerprint density at radius 1 is 1.12 bits per heavy atom. The van der Waals surface area contributed by atoms with Crippen molar-refractivity contribution in [2.75, 3.05) is 6.54 Å². The predicted molar refractivity (Wildman–Crippen MR) is 129 cm³/mol. The molecule has 2 aromatic carbocycles. The molecule has 0 radical (unpaired) electrons. The molecule has 1 aliphatic heterocycles. The third kappa shape index (κ3) is 3.31. The normalized spacial score (nSPS) is 18.7. The molecule has 5 nitrogen and oxygen atoms in total. The maximum absolute atomic E-state index is 14.7. The molecule has 1 amide bonds. The number of fused-ring (bicyclic) bond motifs is 2. The number of halogens is 1. The first-order valence-electron chi connectivity index (χ1n) is 11.9. The highest BCUT2D eigenvalue weighted by Crippen LogP contribution is 2.48. The number of carbonyl (C=O) groups is 1. The molecule has 0 N–H and O–H groups in total. The quantitative estimate of drug-likeness (QED) is 0.402. The van der Waals surface area contributed by atoms with Crippen molar-refractivity contribution in [3.8, 4) is 11.3 Å². The largest absolute Gasteiger partial charge is 0.330 e. The summed E-state index contributed by atoms with van der Waals surface area (Å²) in [6.07, 6.45) is 2.89. The Morgan fingerprint density at radius 3 is 2.68 bits per heavy atom. The second-order valence-corrected chi connectivity index (χ2v) is 9.99. The second kappa shape index (κ2) is 7.49. The van der Waals surface area contributed by atoms with E-state index < -0.39 is 0 Å². The molecule has 4 aromatic rings. The maximum atomic E-state index is 14.7. The van der Waals surface area contributed by atoms with Crippen LogP contribution in [0, 0.1) is 12.7 Å². The Labute approximate surface area is 198 Å². The van der Waals surface area contributed by atoms with Gasteiger partial charge in [-0.05, 0) is 68.0 Å². The Hall–Kier alpha value is -3.54. The lowest BCUT2D eigenvalue weighted by atomic mass is 9.93. The Bertz CT molecular complexity index is 1450. The van der Waals surface area contributed by atoms with Crippen molar-refractivity contribution < 1.29 is 9.18 Å². The first kappa shape index (κ1) is 21.0. The van der Waals surface area contributed by atoms with E-state index in [1.807, 2.05) is 30.0 Å². The molecule has 1 fully saturated rings. The lowest BCUT2D eigenvalue weighted by Gasteiger charge is -2.35. The van der Waals surface area contributed by atoms with E-state index in [1.54, 1.807) is 16.6 Å². The topological polar surface area (TPSA) is 50.5 Å². The summed E-state index contributed by atoms with van der Waals surface area (Å²) in [4.78, 5) is 20.3. The lowest BCUT2D eigenvalue weighted by molar-refractivity contribution is 0.0671. The first-order chi connectivity index (χ1) is 16.3. The van der Waals surface area contributed by atoms with E-state index in [0.717, 1.165) is 30.5 Å². The van der Waals surface area contributed by atoms with E-state index in [1.165, 1.54) is 17.2 Å². The molecular formula is C28H27FN4O. The fraction of sp³-hybridized carbons (Fsp3) is 0.321. The van der Waals surface area contributed by atoms with Gasteiger partial charge in [0.1, 0.15) is 11.5 Å². The molecule has 1 unspecified atom stereocenters. The van der Waals surface area contributed by atoms with Crippen LogP contribution in [0.25, 0.3) is 16.9 Å². The number of nitrogens with zero attached hydrogens (tertiary/aromatic N) is 4. The van der Waals surface area contributed by atoms with E-state index in [2.05, 4.69) is 32.0 Å². The van der Waals surface area contributed by atoms with Crippen LogP contribution in [-0.2, 0) is 11.8 Å². The Balaban J connectivity index is 1.44. The van der Waals surface area contributed by atoms with E-state index in [-0.39, 0.29) is 23.2 Å². The summed E-state index contributed by atoms with van der Waals surface area (Å²) in [7, 11) is 0. The lowest BCUT2D eigenvalue weighted by Crippen LogP contribution is -2.39. The Morgan fingerprint density at radius 2 is 1.91 bits per heavy atom. The van der Waals surface area contributed by atoms with Crippen molar-refractivity contribution in [3.05, 3.63) is 88.5 Å². The average molecular weight is 455 g/mol. The fourth-order valence-electron chi connectivity index (χ4n) is 5.11. The standard InChI is InChI=1S/C28H27FN4O/c1-17-8-9-21(22(29)14-17)23-16-26-30-24(15-25(33(26)31-23)28(3)11-12-28)27(34)32-13-10-19-6-4-5-7-20(19)18(32)2/h4-9,14-16,18H,10-13H2,1-3H3. The fourth-order valence-corrected chi connectivity index (χ4v) is 5.11. The summed E-state index contributed by atoms with van der Waals surface area (Å²) in [6.45, 7) is 6.79. The molecule has 0 spiro atoms. The molecule has 1 saturated carbocycles. The number of aromatic nitrogens is 3. The number of hydrogen-bond acceptors (Lipinski definition) is 3. The van der Waals surface area contributed by atoms with Crippen molar-refractivity contribution in [2.24, 2.45) is 0 Å². The predicted octanol–water partition coefficient (Wildman–Crippen LogP) is 5.65. The molecule has 0 saturated heterocycles. The molecule has 2 aliphatic rings. The van der Waals surface area contributed by atoms with Crippen LogP contribution in [-0.4, -0.2) is 31.9 Å². The van der Waals surface area contributed by atoms with Gasteiger partial charge in [0.25, 0.3) is 5.91 Å². The molecule has 1 aliphatic carbocycles. The van der Waals surface area contributed by atoms with Crippen molar-refractivity contribution in [1.82, 2.24) is 19.5 Å². The van der Waals surface area contributed by atoms with Crippen LogP contribution in [0.15, 0.2) is 54.6 Å². The third-order valence-corrected chi connectivity index (χ3v) is 7.52. The van der Waals surface area contributed by atoms with Gasteiger partial charge in [0.05, 0.1) is 17.4 Å². The molecule has 6 heteroatoms. The van der Waals surface area contributed by atoms with Gasteiger partial charge in [0.15, 0.2) is 5.65 Å². The van der Waals surface area contributed by atoms with Crippen LogP contribution in [0.1, 0.15) is 65.6 Å². The monoisotopic (exact) mass is 454 g/mol. The number of rotatable bonds is 3. The van der Waals surface area contributed by atoms with Crippen LogP contribution in [0.2, 0.25) is 0 Å². The number of aryl methyl sites for hydroxylation is 1. The van der Waals surface area contributed by atoms with Crippen molar-refractivity contribution in [2.45, 2.75) is 51.5 Å². The summed E-state index contributed by atoms with van der Waals surface area (Å²) in [5.74, 6) is -0.376. The molecular weight excluding hydrogens is 427 g/mol. The average Bonchev–Trinajstić information content (AvgIpc) is 3.43. The van der Waals surface area contributed by atoms with Crippen LogP contribution in [0.5, 0.6) is 0 Å². The van der Waals surface area contributed by atoms with Gasteiger partial charge in [-0.3, -0.25) is 4.79 Å². The SMILES string of the molecule is Cc1ccc(-c2cc3nc(C(=O)N4CCc5ccccc5C4C)cc(C4(C)CC4)n3n2)c(F)c1. The van der Waals surface area contributed by atoms with E-state index in [4.69, 9.17) is 10.1 Å². The molecule has 2 aromatic heterocycles. The van der Waals surface area contributed by atoms with Crippen LogP contribution >= 0.6 is 0 Å². The minimum Gasteiger partial charge on any atom is -0.330 e. The Kier molecular flexibility index (Phi) is 4.63. The summed E-state index contributed by atoms with van der Waals surface area (Å²) in [5.41, 5.74) is 6.24. The van der Waals surface area contributed by atoms with Gasteiger partial charge in [-0.15, -0.1) is 0 Å². The smallest absolute Gasteiger partial charge is 0.273 e. The molecule has 0 bridgehead atoms.